The molecule has 1 aliphatic carbocycles. The van der Waals surface area contributed by atoms with Crippen LogP contribution >= 0.6 is 0 Å². The van der Waals surface area contributed by atoms with Crippen LogP contribution in [0, 0.1) is 5.92 Å². The largest absolute Gasteiger partial charge is 0.481 e. The van der Waals surface area contributed by atoms with Gasteiger partial charge >= 0.3 is 12.4 Å². The lowest BCUT2D eigenvalue weighted by Gasteiger charge is -2.32. The van der Waals surface area contributed by atoms with Crippen LogP contribution in [0.5, 0.6) is 0 Å². The van der Waals surface area contributed by atoms with Gasteiger partial charge in [-0.2, -0.15) is 26.3 Å². The molecule has 9 nitrogen and oxygen atoms in total. The molecule has 47 heavy (non-hydrogen) atoms. The van der Waals surface area contributed by atoms with Gasteiger partial charge in [-0.05, 0) is 61.6 Å². The van der Waals surface area contributed by atoms with Crippen LogP contribution in [0.2, 0.25) is 0 Å². The topological polar surface area (TPSA) is 124 Å². The molecule has 0 aliphatic heterocycles. The average molecular weight is 670 g/mol. The molecule has 1 aliphatic rings. The molecule has 0 spiro atoms. The summed E-state index contributed by atoms with van der Waals surface area (Å²) >= 11 is 0. The number of carboxylic acids is 1. The van der Waals surface area contributed by atoms with Crippen LogP contribution in [0.4, 0.5) is 32.2 Å². The zero-order chi connectivity index (χ0) is 34.9. The van der Waals surface area contributed by atoms with E-state index in [9.17, 15) is 26.3 Å². The number of halogens is 6. The summed E-state index contributed by atoms with van der Waals surface area (Å²) in [6.07, 6.45) is -4.16. The minimum atomic E-state index is -4.98. The molecule has 5 N–H and O–H groups in total. The van der Waals surface area contributed by atoms with E-state index in [0.29, 0.717) is 36.0 Å². The highest BCUT2D eigenvalue weighted by atomic mass is 19.4. The van der Waals surface area contributed by atoms with E-state index in [4.69, 9.17) is 26.5 Å². The number of nitrogens with two attached hydrogens (primary N) is 2. The van der Waals surface area contributed by atoms with Gasteiger partial charge in [-0.3, -0.25) is 4.79 Å². The van der Waals surface area contributed by atoms with Crippen molar-refractivity contribution in [1.29, 1.82) is 0 Å². The van der Waals surface area contributed by atoms with E-state index >= 15 is 0 Å². The van der Waals surface area contributed by atoms with Gasteiger partial charge in [0.25, 0.3) is 5.97 Å². The number of anilines is 1. The number of carbonyl (C=O) groups is 1. The van der Waals surface area contributed by atoms with Crippen LogP contribution in [-0.2, 0) is 30.2 Å². The number of aliphatic carboxylic acids is 1. The van der Waals surface area contributed by atoms with Crippen molar-refractivity contribution in [3.05, 3.63) is 70.8 Å². The fourth-order valence-corrected chi connectivity index (χ4v) is 5.57. The zero-order valence-corrected chi connectivity index (χ0v) is 26.6. The molecule has 0 radical (unpaired) electrons. The molecule has 0 amide bonds. The Hall–Kier alpha value is -4.27. The van der Waals surface area contributed by atoms with Gasteiger partial charge < -0.3 is 20.6 Å². The lowest BCUT2D eigenvalue weighted by atomic mass is 9.89. The predicted molar refractivity (Wildman–Crippen MR) is 169 cm³/mol. The van der Waals surface area contributed by atoms with Crippen molar-refractivity contribution in [1.82, 2.24) is 15.0 Å². The Labute approximate surface area is 269 Å². The standard InChI is InChI=1S/C30H37F6N7.C2H4O2/c1-3-42(17-20-9-5-4-6-10-20)27-23(15-22-11-7-8-12-26(22)39-27)19-43(28(37)40-41(2)38)18-21-13-24(29(31,32)33)16-25(14-21)30(34,35)36;1-2(3)4/h7-8,11-16,20H,3-6,9-10,17-19,38H2,1-2H3,(H2,37,40);1H3,(H,3,4). The van der Waals surface area contributed by atoms with Crippen LogP contribution in [0.1, 0.15) is 68.2 Å². The van der Waals surface area contributed by atoms with Crippen molar-refractivity contribution < 1.29 is 36.2 Å². The van der Waals surface area contributed by atoms with Crippen LogP contribution in [-0.4, -0.2) is 52.2 Å². The number of benzene rings is 2. The van der Waals surface area contributed by atoms with Gasteiger partial charge in [-0.15, -0.1) is 5.10 Å². The highest BCUT2D eigenvalue weighted by molar-refractivity contribution is 5.83. The fourth-order valence-electron chi connectivity index (χ4n) is 5.57. The first-order chi connectivity index (χ1) is 22.0. The first-order valence-corrected chi connectivity index (χ1v) is 15.2. The Morgan fingerprint density at radius 3 is 2.09 bits per heavy atom. The van der Waals surface area contributed by atoms with E-state index in [1.165, 1.54) is 31.2 Å². The molecule has 0 atom stereocenters. The molecule has 0 saturated heterocycles. The molecule has 1 saturated carbocycles. The maximum atomic E-state index is 13.6. The number of hydrazine groups is 1. The minimum Gasteiger partial charge on any atom is -0.481 e. The summed E-state index contributed by atoms with van der Waals surface area (Å²) in [5.74, 6) is 5.85. The number of para-hydroxylation sites is 1. The van der Waals surface area contributed by atoms with Crippen LogP contribution < -0.4 is 16.5 Å². The lowest BCUT2D eigenvalue weighted by molar-refractivity contribution is -0.143. The molecule has 0 bridgehead atoms. The Morgan fingerprint density at radius 2 is 1.55 bits per heavy atom. The summed E-state index contributed by atoms with van der Waals surface area (Å²) in [4.78, 5) is 17.6. The third-order valence-electron chi connectivity index (χ3n) is 7.63. The molecule has 15 heteroatoms. The molecule has 3 aromatic rings. The van der Waals surface area contributed by atoms with E-state index in [1.807, 2.05) is 37.3 Å². The second kappa shape index (κ2) is 16.0. The predicted octanol–water partition coefficient (Wildman–Crippen LogP) is 6.81. The fraction of sp³-hybridized carbons (Fsp3) is 0.469. The summed E-state index contributed by atoms with van der Waals surface area (Å²) in [7, 11) is 1.41. The molecule has 1 aromatic heterocycles. The number of guanidine groups is 1. The maximum Gasteiger partial charge on any atom is 0.416 e. The molecule has 258 valence electrons. The van der Waals surface area contributed by atoms with Gasteiger partial charge in [0.15, 0.2) is 0 Å². The number of hydrazone groups is 1. The lowest BCUT2D eigenvalue weighted by Crippen LogP contribution is -2.40. The number of aromatic nitrogens is 1. The van der Waals surface area contributed by atoms with Gasteiger partial charge in [0.1, 0.15) is 5.82 Å². The van der Waals surface area contributed by atoms with Crippen molar-refractivity contribution in [3.8, 4) is 0 Å². The summed E-state index contributed by atoms with van der Waals surface area (Å²) in [6, 6.07) is 11.0. The van der Waals surface area contributed by atoms with Gasteiger partial charge in [0.05, 0.1) is 16.6 Å². The summed E-state index contributed by atoms with van der Waals surface area (Å²) < 4.78 is 81.6. The summed E-state index contributed by atoms with van der Waals surface area (Å²) in [5, 5.41) is 13.2. The van der Waals surface area contributed by atoms with E-state index in [2.05, 4.69) is 10.0 Å². The summed E-state index contributed by atoms with van der Waals surface area (Å²) in [6.45, 7) is 4.17. The Morgan fingerprint density at radius 1 is 0.979 bits per heavy atom. The van der Waals surface area contributed by atoms with Gasteiger partial charge in [0, 0.05) is 51.1 Å². The van der Waals surface area contributed by atoms with Gasteiger partial charge in [0.2, 0.25) is 5.96 Å². The number of carboxylic acid groups (broad SMARTS) is 1. The Balaban J connectivity index is 0.00000142. The Kier molecular flexibility index (Phi) is 12.7. The van der Waals surface area contributed by atoms with E-state index in [-0.39, 0.29) is 24.1 Å². The molecule has 2 aromatic carbocycles. The second-order valence-electron chi connectivity index (χ2n) is 11.5. The maximum absolute atomic E-state index is 13.6. The molecular formula is C32H41F6N7O2. The number of nitrogens with zero attached hydrogens (tertiary/aromatic N) is 5. The number of hydrogen-bond donors (Lipinski definition) is 3. The summed E-state index contributed by atoms with van der Waals surface area (Å²) in [5.41, 5.74) is 4.70. The van der Waals surface area contributed by atoms with Crippen LogP contribution in [0.15, 0.2) is 53.6 Å². The third-order valence-corrected chi connectivity index (χ3v) is 7.63. The molecular weight excluding hydrogens is 628 g/mol. The molecule has 1 heterocycles. The van der Waals surface area contributed by atoms with E-state index < -0.39 is 36.0 Å². The molecule has 0 unspecified atom stereocenters. The van der Waals surface area contributed by atoms with Gasteiger partial charge in [-0.25, -0.2) is 15.9 Å². The highest BCUT2D eigenvalue weighted by Gasteiger charge is 2.37. The first kappa shape index (κ1) is 37.2. The SMILES string of the molecule is CC(=O)O.CCN(CC1CCCCC1)c1nc2ccccc2cc1CN(Cc1cc(C(F)(F)F)cc(C(F)(F)F)c1)/C(N)=N/N(C)N. The van der Waals surface area contributed by atoms with Crippen molar-refractivity contribution in [2.45, 2.75) is 71.4 Å². The quantitative estimate of drug-likeness (QED) is 0.0747. The normalized spacial score (nSPS) is 14.4. The molecule has 1 fully saturated rings. The van der Waals surface area contributed by atoms with Crippen molar-refractivity contribution in [2.75, 3.05) is 25.0 Å². The molecule has 4 rings (SSSR count). The monoisotopic (exact) mass is 669 g/mol. The number of hydrogen-bond acceptors (Lipinski definition) is 6. The second-order valence-corrected chi connectivity index (χ2v) is 11.5. The minimum absolute atomic E-state index is 0.00903. The highest BCUT2D eigenvalue weighted by Crippen LogP contribution is 2.37. The number of pyridine rings is 1. The van der Waals surface area contributed by atoms with Crippen LogP contribution in [0.25, 0.3) is 10.9 Å². The first-order valence-electron chi connectivity index (χ1n) is 15.2. The van der Waals surface area contributed by atoms with E-state index in [0.717, 1.165) is 42.3 Å². The number of fused-ring (bicyclic) bond motifs is 1. The smallest absolute Gasteiger partial charge is 0.416 e. The average Bonchev–Trinajstić information content (AvgIpc) is 2.98. The van der Waals surface area contributed by atoms with Crippen molar-refractivity contribution in [2.24, 2.45) is 22.6 Å². The van der Waals surface area contributed by atoms with Gasteiger partial charge in [-0.1, -0.05) is 37.5 Å². The van der Waals surface area contributed by atoms with Crippen molar-refractivity contribution >= 4 is 28.6 Å². The third kappa shape index (κ3) is 11.2. The van der Waals surface area contributed by atoms with Crippen molar-refractivity contribution in [3.63, 3.8) is 0 Å². The number of rotatable bonds is 9. The number of alkyl halides is 6. The Bertz CT molecular complexity index is 1490. The van der Waals surface area contributed by atoms with E-state index in [1.54, 1.807) is 0 Å². The van der Waals surface area contributed by atoms with Crippen LogP contribution in [0.3, 0.4) is 0 Å². The zero-order valence-electron chi connectivity index (χ0n) is 26.6.